The second kappa shape index (κ2) is 5.06. The zero-order valence-electron chi connectivity index (χ0n) is 11.0. The highest BCUT2D eigenvalue weighted by molar-refractivity contribution is 5.96. The number of nitrogens with two attached hydrogens (primary N) is 1. The molecule has 1 saturated carbocycles. The van der Waals surface area contributed by atoms with Crippen LogP contribution in [0.4, 0.5) is 0 Å². The monoisotopic (exact) mass is 248 g/mol. The Morgan fingerprint density at radius 3 is 2.78 bits per heavy atom. The highest BCUT2D eigenvalue weighted by Gasteiger charge is 2.34. The van der Waals surface area contributed by atoms with E-state index in [0.29, 0.717) is 17.7 Å². The predicted molar refractivity (Wildman–Crippen MR) is 69.7 cm³/mol. The Morgan fingerprint density at radius 1 is 1.50 bits per heavy atom. The fourth-order valence-corrected chi connectivity index (χ4v) is 2.14. The van der Waals surface area contributed by atoms with Crippen LogP contribution in [-0.2, 0) is 0 Å². The molecule has 0 radical (unpaired) electrons. The number of aromatic nitrogens is 1. The van der Waals surface area contributed by atoms with E-state index in [0.717, 1.165) is 19.3 Å². The molecule has 0 unspecified atom stereocenters. The molecule has 0 aromatic carbocycles. The highest BCUT2D eigenvalue weighted by atomic mass is 16.5. The average molecular weight is 248 g/mol. The maximum Gasteiger partial charge on any atom is 0.166 e. The van der Waals surface area contributed by atoms with Gasteiger partial charge in [0.2, 0.25) is 0 Å². The summed E-state index contributed by atoms with van der Waals surface area (Å²) < 4.78 is 5.53. The SMILES string of the molecule is CC(C)Oc1cncc(C(=O)CC2(N)CCC2)c1. The fourth-order valence-electron chi connectivity index (χ4n) is 2.14. The Balaban J connectivity index is 2.05. The molecule has 1 aromatic rings. The number of ketones is 1. The average Bonchev–Trinajstić information content (AvgIpc) is 2.26. The molecule has 2 rings (SSSR count). The molecule has 4 nitrogen and oxygen atoms in total. The molecule has 98 valence electrons. The van der Waals surface area contributed by atoms with Crippen molar-refractivity contribution in [2.75, 3.05) is 0 Å². The molecule has 18 heavy (non-hydrogen) atoms. The van der Waals surface area contributed by atoms with Gasteiger partial charge in [0.05, 0.1) is 12.3 Å². The van der Waals surface area contributed by atoms with Gasteiger partial charge in [-0.3, -0.25) is 9.78 Å². The van der Waals surface area contributed by atoms with Gasteiger partial charge in [0.25, 0.3) is 0 Å². The van der Waals surface area contributed by atoms with E-state index in [-0.39, 0.29) is 17.4 Å². The third-order valence-corrected chi connectivity index (χ3v) is 3.27. The van der Waals surface area contributed by atoms with Gasteiger partial charge in [-0.15, -0.1) is 0 Å². The standard InChI is InChI=1S/C14H20N2O2/c1-10(2)18-12-6-11(8-16-9-12)13(17)7-14(15)4-3-5-14/h6,8-10H,3-5,7,15H2,1-2H3. The Bertz CT molecular complexity index is 439. The summed E-state index contributed by atoms with van der Waals surface area (Å²) in [5, 5.41) is 0. The van der Waals surface area contributed by atoms with E-state index >= 15 is 0 Å². The lowest BCUT2D eigenvalue weighted by Crippen LogP contribution is -2.48. The summed E-state index contributed by atoms with van der Waals surface area (Å²) in [6.45, 7) is 3.88. The molecule has 0 amide bonds. The van der Waals surface area contributed by atoms with Crippen LogP contribution < -0.4 is 10.5 Å². The summed E-state index contributed by atoms with van der Waals surface area (Å²) in [6, 6.07) is 1.75. The van der Waals surface area contributed by atoms with Crippen LogP contribution in [0.15, 0.2) is 18.5 Å². The van der Waals surface area contributed by atoms with Crippen molar-refractivity contribution >= 4 is 5.78 Å². The van der Waals surface area contributed by atoms with E-state index in [2.05, 4.69) is 4.98 Å². The Kier molecular flexibility index (Phi) is 3.66. The van der Waals surface area contributed by atoms with Gasteiger partial charge < -0.3 is 10.5 Å². The summed E-state index contributed by atoms with van der Waals surface area (Å²) in [4.78, 5) is 16.2. The summed E-state index contributed by atoms with van der Waals surface area (Å²) in [5.41, 5.74) is 6.39. The van der Waals surface area contributed by atoms with Gasteiger partial charge in [-0.2, -0.15) is 0 Å². The number of rotatable bonds is 5. The molecule has 1 heterocycles. The van der Waals surface area contributed by atoms with Crippen molar-refractivity contribution in [2.45, 2.75) is 51.2 Å². The van der Waals surface area contributed by atoms with Crippen LogP contribution >= 0.6 is 0 Å². The smallest absolute Gasteiger partial charge is 0.166 e. The van der Waals surface area contributed by atoms with Crippen molar-refractivity contribution in [1.29, 1.82) is 0 Å². The molecule has 1 aliphatic carbocycles. The molecular weight excluding hydrogens is 228 g/mol. The van der Waals surface area contributed by atoms with Gasteiger partial charge in [-0.05, 0) is 39.2 Å². The van der Waals surface area contributed by atoms with Gasteiger partial charge >= 0.3 is 0 Å². The lowest BCUT2D eigenvalue weighted by atomic mass is 9.74. The van der Waals surface area contributed by atoms with Gasteiger partial charge in [-0.1, -0.05) is 0 Å². The fraction of sp³-hybridized carbons (Fsp3) is 0.571. The van der Waals surface area contributed by atoms with E-state index in [1.165, 1.54) is 0 Å². The molecule has 0 aliphatic heterocycles. The second-order valence-corrected chi connectivity index (χ2v) is 5.39. The summed E-state index contributed by atoms with van der Waals surface area (Å²) >= 11 is 0. The molecule has 1 aliphatic rings. The Hall–Kier alpha value is -1.42. The zero-order valence-corrected chi connectivity index (χ0v) is 11.0. The van der Waals surface area contributed by atoms with E-state index in [4.69, 9.17) is 10.5 Å². The number of pyridine rings is 1. The molecule has 1 fully saturated rings. The van der Waals surface area contributed by atoms with Gasteiger partial charge in [-0.25, -0.2) is 0 Å². The number of carbonyl (C=O) groups excluding carboxylic acids is 1. The predicted octanol–water partition coefficient (Wildman–Crippen LogP) is 2.32. The maximum absolute atomic E-state index is 12.1. The lowest BCUT2D eigenvalue weighted by molar-refractivity contribution is 0.0911. The molecule has 1 aromatic heterocycles. The third-order valence-electron chi connectivity index (χ3n) is 3.27. The second-order valence-electron chi connectivity index (χ2n) is 5.39. The Morgan fingerprint density at radius 2 is 2.22 bits per heavy atom. The third kappa shape index (κ3) is 3.07. The van der Waals surface area contributed by atoms with Gasteiger partial charge in [0, 0.05) is 23.7 Å². The number of hydrogen-bond acceptors (Lipinski definition) is 4. The van der Waals surface area contributed by atoms with Crippen LogP contribution in [0, 0.1) is 0 Å². The number of nitrogens with zero attached hydrogens (tertiary/aromatic N) is 1. The largest absolute Gasteiger partial charge is 0.489 e. The van der Waals surface area contributed by atoms with Crippen molar-refractivity contribution in [3.05, 3.63) is 24.0 Å². The topological polar surface area (TPSA) is 65.2 Å². The van der Waals surface area contributed by atoms with Crippen LogP contribution in [0.5, 0.6) is 5.75 Å². The van der Waals surface area contributed by atoms with Crippen LogP contribution in [0.2, 0.25) is 0 Å². The quantitative estimate of drug-likeness (QED) is 0.812. The molecular formula is C14H20N2O2. The van der Waals surface area contributed by atoms with Gasteiger partial charge in [0.15, 0.2) is 5.78 Å². The normalized spacial score (nSPS) is 17.3. The van der Waals surface area contributed by atoms with Crippen molar-refractivity contribution < 1.29 is 9.53 Å². The first kappa shape index (κ1) is 13.0. The first-order valence-electron chi connectivity index (χ1n) is 6.42. The minimum Gasteiger partial charge on any atom is -0.489 e. The van der Waals surface area contributed by atoms with E-state index < -0.39 is 0 Å². The van der Waals surface area contributed by atoms with E-state index in [1.807, 2.05) is 13.8 Å². The van der Waals surface area contributed by atoms with Crippen molar-refractivity contribution in [1.82, 2.24) is 4.98 Å². The van der Waals surface area contributed by atoms with Gasteiger partial charge in [0.1, 0.15) is 5.75 Å². The minimum absolute atomic E-state index is 0.0545. The summed E-state index contributed by atoms with van der Waals surface area (Å²) in [7, 11) is 0. The zero-order chi connectivity index (χ0) is 13.2. The Labute approximate surface area is 108 Å². The molecule has 0 saturated heterocycles. The summed E-state index contributed by atoms with van der Waals surface area (Å²) in [5.74, 6) is 0.689. The minimum atomic E-state index is -0.286. The van der Waals surface area contributed by atoms with E-state index in [1.54, 1.807) is 18.5 Å². The summed E-state index contributed by atoms with van der Waals surface area (Å²) in [6.07, 6.45) is 6.68. The first-order valence-corrected chi connectivity index (χ1v) is 6.42. The maximum atomic E-state index is 12.1. The molecule has 4 heteroatoms. The van der Waals surface area contributed by atoms with Crippen molar-refractivity contribution in [3.8, 4) is 5.75 Å². The lowest BCUT2D eigenvalue weighted by Gasteiger charge is -2.37. The van der Waals surface area contributed by atoms with Crippen LogP contribution in [0.3, 0.4) is 0 Å². The van der Waals surface area contributed by atoms with Crippen LogP contribution in [0.1, 0.15) is 49.9 Å². The molecule has 0 atom stereocenters. The number of ether oxygens (including phenoxy) is 1. The molecule has 0 spiro atoms. The first-order chi connectivity index (χ1) is 8.48. The van der Waals surface area contributed by atoms with E-state index in [9.17, 15) is 4.79 Å². The van der Waals surface area contributed by atoms with Crippen molar-refractivity contribution in [2.24, 2.45) is 5.73 Å². The number of carbonyl (C=O) groups is 1. The van der Waals surface area contributed by atoms with Crippen LogP contribution in [0.25, 0.3) is 0 Å². The highest BCUT2D eigenvalue weighted by Crippen LogP contribution is 2.33. The number of hydrogen-bond donors (Lipinski definition) is 1. The number of Topliss-reactive ketones (excluding diaryl/α,β-unsaturated/α-hetero) is 1. The van der Waals surface area contributed by atoms with Crippen molar-refractivity contribution in [3.63, 3.8) is 0 Å². The van der Waals surface area contributed by atoms with Crippen LogP contribution in [-0.4, -0.2) is 22.4 Å². The molecule has 2 N–H and O–H groups in total. The molecule has 0 bridgehead atoms.